The summed E-state index contributed by atoms with van der Waals surface area (Å²) < 4.78 is 6.64. The van der Waals surface area contributed by atoms with Gasteiger partial charge < -0.3 is 4.42 Å². The van der Waals surface area contributed by atoms with Crippen LogP contribution in [-0.2, 0) is 5.41 Å². The Balaban J connectivity index is 1.18. The molecule has 2 nitrogen and oxygen atoms in total. The van der Waals surface area contributed by atoms with E-state index in [-0.39, 0.29) is 0 Å². The van der Waals surface area contributed by atoms with Gasteiger partial charge in [0.2, 0.25) is 0 Å². The average molecular weight is 668 g/mol. The molecule has 1 aliphatic heterocycles. The molecular weight excluding hydrogens is 639 g/mol. The van der Waals surface area contributed by atoms with Crippen LogP contribution in [0.15, 0.2) is 190 Å². The fourth-order valence-electron chi connectivity index (χ4n) is 8.57. The molecule has 11 rings (SSSR count). The van der Waals surface area contributed by atoms with Gasteiger partial charge in [-0.2, -0.15) is 0 Å². The molecule has 0 saturated heterocycles. The van der Waals surface area contributed by atoms with Gasteiger partial charge in [-0.15, -0.1) is 0 Å². The zero-order chi connectivity index (χ0) is 33.5. The van der Waals surface area contributed by atoms with E-state index in [0.29, 0.717) is 0 Å². The smallest absolute Gasteiger partial charge is 0.136 e. The molecule has 238 valence electrons. The summed E-state index contributed by atoms with van der Waals surface area (Å²) in [6, 6.07) is 63.4. The first-order valence-corrected chi connectivity index (χ1v) is 18.2. The minimum atomic E-state index is -0.435. The van der Waals surface area contributed by atoms with Crippen LogP contribution >= 0.6 is 11.8 Å². The maximum Gasteiger partial charge on any atom is 0.136 e. The zero-order valence-electron chi connectivity index (χ0n) is 27.5. The number of hydrogen-bond donors (Lipinski definition) is 0. The van der Waals surface area contributed by atoms with E-state index in [0.717, 1.165) is 50.0 Å². The van der Waals surface area contributed by atoms with Gasteiger partial charge in [0.1, 0.15) is 11.2 Å². The monoisotopic (exact) mass is 667 g/mol. The van der Waals surface area contributed by atoms with Crippen molar-refractivity contribution >= 4 is 33.7 Å². The van der Waals surface area contributed by atoms with Crippen LogP contribution in [0.25, 0.3) is 66.7 Å². The lowest BCUT2D eigenvalue weighted by Crippen LogP contribution is -2.31. The molecule has 0 saturated carbocycles. The van der Waals surface area contributed by atoms with Crippen molar-refractivity contribution < 1.29 is 4.42 Å². The number of rotatable bonds is 3. The molecule has 3 heteroatoms. The van der Waals surface area contributed by atoms with Crippen molar-refractivity contribution in [2.24, 2.45) is 0 Å². The van der Waals surface area contributed by atoms with Crippen molar-refractivity contribution in [3.8, 4) is 44.8 Å². The van der Waals surface area contributed by atoms with Crippen LogP contribution in [0.3, 0.4) is 0 Å². The van der Waals surface area contributed by atoms with Gasteiger partial charge in [0.25, 0.3) is 0 Å². The summed E-state index contributed by atoms with van der Waals surface area (Å²) in [4.78, 5) is 7.79. The van der Waals surface area contributed by atoms with Crippen LogP contribution in [0.5, 0.6) is 0 Å². The molecule has 0 atom stereocenters. The van der Waals surface area contributed by atoms with Crippen molar-refractivity contribution in [1.29, 1.82) is 0 Å². The first kappa shape index (κ1) is 28.7. The minimum Gasteiger partial charge on any atom is -0.456 e. The Kier molecular flexibility index (Phi) is 6.14. The molecular formula is C48H29NOS. The molecule has 0 fully saturated rings. The van der Waals surface area contributed by atoms with Gasteiger partial charge >= 0.3 is 0 Å². The molecule has 3 heterocycles. The molecule has 0 amide bonds. The van der Waals surface area contributed by atoms with Gasteiger partial charge in [-0.25, -0.2) is 4.98 Å². The molecule has 2 aromatic heterocycles. The van der Waals surface area contributed by atoms with Gasteiger partial charge in [0.15, 0.2) is 0 Å². The minimum absolute atomic E-state index is 0.435. The molecule has 2 aliphatic rings. The SMILES string of the molecule is c1ccc(-c2cc(-c3ccccc3)nc(-c3ccc4oc5ccc6c(c5c4c3)Sc3ccccc3C63c4ccccc4-c4ccccc43)c2)cc1. The lowest BCUT2D eigenvalue weighted by atomic mass is 9.67. The average Bonchev–Trinajstić information content (AvgIpc) is 3.73. The van der Waals surface area contributed by atoms with Crippen LogP contribution in [-0.4, -0.2) is 4.98 Å². The van der Waals surface area contributed by atoms with Gasteiger partial charge in [0, 0.05) is 31.7 Å². The fraction of sp³-hybridized carbons (Fsp3) is 0.0208. The summed E-state index contributed by atoms with van der Waals surface area (Å²) in [7, 11) is 0. The van der Waals surface area contributed by atoms with Crippen LogP contribution in [0.4, 0.5) is 0 Å². The molecule has 9 aromatic rings. The molecule has 0 bridgehead atoms. The number of fused-ring (bicyclic) bond motifs is 13. The highest BCUT2D eigenvalue weighted by Gasteiger charge is 2.50. The Morgan fingerprint density at radius 1 is 0.431 bits per heavy atom. The van der Waals surface area contributed by atoms with Gasteiger partial charge in [0.05, 0.1) is 16.8 Å². The van der Waals surface area contributed by atoms with Crippen molar-refractivity contribution in [3.05, 3.63) is 198 Å². The molecule has 1 spiro atoms. The standard InChI is InChI=1S/C48H29NOS/c1-3-13-30(14-4-1)33-28-41(31-15-5-2-6-16-31)49-42(29-33)32-23-25-43-36(27-32)46-44(50-43)26-24-40-47(46)51-45-22-12-11-21-39(45)48(40)37-19-9-7-17-34(37)35-18-8-10-20-38(35)48/h1-29H. The van der Waals surface area contributed by atoms with Crippen molar-refractivity contribution in [2.45, 2.75) is 15.2 Å². The molecule has 1 aliphatic carbocycles. The fourth-order valence-corrected chi connectivity index (χ4v) is 9.91. The number of aromatic nitrogens is 1. The third kappa shape index (κ3) is 4.10. The second-order valence-electron chi connectivity index (χ2n) is 13.4. The predicted molar refractivity (Wildman–Crippen MR) is 209 cm³/mol. The molecule has 0 unspecified atom stereocenters. The zero-order valence-corrected chi connectivity index (χ0v) is 28.3. The number of nitrogens with zero attached hydrogens (tertiary/aromatic N) is 1. The van der Waals surface area contributed by atoms with E-state index in [1.165, 1.54) is 48.7 Å². The summed E-state index contributed by atoms with van der Waals surface area (Å²) in [6.07, 6.45) is 0. The maximum absolute atomic E-state index is 6.64. The van der Waals surface area contributed by atoms with E-state index < -0.39 is 5.41 Å². The maximum atomic E-state index is 6.64. The lowest BCUT2D eigenvalue weighted by molar-refractivity contribution is 0.666. The van der Waals surface area contributed by atoms with Crippen molar-refractivity contribution in [3.63, 3.8) is 0 Å². The van der Waals surface area contributed by atoms with Gasteiger partial charge in [-0.1, -0.05) is 145 Å². The summed E-state index contributed by atoms with van der Waals surface area (Å²) in [5.74, 6) is 0. The Morgan fingerprint density at radius 3 is 1.75 bits per heavy atom. The van der Waals surface area contributed by atoms with Crippen molar-refractivity contribution in [1.82, 2.24) is 4.98 Å². The van der Waals surface area contributed by atoms with Crippen LogP contribution in [0.2, 0.25) is 0 Å². The Morgan fingerprint density at radius 2 is 1.02 bits per heavy atom. The topological polar surface area (TPSA) is 26.0 Å². The van der Waals surface area contributed by atoms with E-state index in [2.05, 4.69) is 170 Å². The molecule has 0 N–H and O–H groups in total. The third-order valence-electron chi connectivity index (χ3n) is 10.7. The summed E-state index contributed by atoms with van der Waals surface area (Å²) in [5, 5.41) is 2.27. The molecule has 0 radical (unpaired) electrons. The number of hydrogen-bond acceptors (Lipinski definition) is 3. The third-order valence-corrected chi connectivity index (χ3v) is 11.9. The van der Waals surface area contributed by atoms with Crippen LogP contribution in [0.1, 0.15) is 22.3 Å². The largest absolute Gasteiger partial charge is 0.456 e. The Labute approximate surface area is 300 Å². The van der Waals surface area contributed by atoms with Gasteiger partial charge in [-0.05, 0) is 87.0 Å². The first-order valence-electron chi connectivity index (χ1n) is 17.4. The van der Waals surface area contributed by atoms with Crippen LogP contribution < -0.4 is 0 Å². The van der Waals surface area contributed by atoms with E-state index in [1.54, 1.807) is 0 Å². The number of furan rings is 1. The van der Waals surface area contributed by atoms with E-state index in [9.17, 15) is 0 Å². The highest BCUT2D eigenvalue weighted by Crippen LogP contribution is 2.63. The van der Waals surface area contributed by atoms with E-state index in [1.807, 2.05) is 17.8 Å². The lowest BCUT2D eigenvalue weighted by Gasteiger charge is -2.39. The molecule has 7 aromatic carbocycles. The highest BCUT2D eigenvalue weighted by molar-refractivity contribution is 7.99. The highest BCUT2D eigenvalue weighted by atomic mass is 32.2. The van der Waals surface area contributed by atoms with E-state index >= 15 is 0 Å². The Hall–Kier alpha value is -6.16. The van der Waals surface area contributed by atoms with Crippen molar-refractivity contribution in [2.75, 3.05) is 0 Å². The number of benzene rings is 7. The quantitative estimate of drug-likeness (QED) is 0.188. The second kappa shape index (κ2) is 10.9. The summed E-state index contributed by atoms with van der Waals surface area (Å²) >= 11 is 1.87. The van der Waals surface area contributed by atoms with E-state index in [4.69, 9.17) is 9.40 Å². The van der Waals surface area contributed by atoms with Gasteiger partial charge in [-0.3, -0.25) is 0 Å². The second-order valence-corrected chi connectivity index (χ2v) is 14.5. The normalized spacial score (nSPS) is 13.6. The first-order chi connectivity index (χ1) is 25.3. The summed E-state index contributed by atoms with van der Waals surface area (Å²) in [5.41, 5.74) is 15.6. The predicted octanol–water partition coefficient (Wildman–Crippen LogP) is 12.8. The molecule has 51 heavy (non-hydrogen) atoms. The summed E-state index contributed by atoms with van der Waals surface area (Å²) in [6.45, 7) is 0. The van der Waals surface area contributed by atoms with Crippen LogP contribution in [0, 0.1) is 0 Å². The Bertz CT molecular complexity index is 2730. The number of pyridine rings is 1.